The largest absolute Gasteiger partial charge is 0.360 e. The van der Waals surface area contributed by atoms with Crippen LogP contribution in [0.15, 0.2) is 21.6 Å². The lowest BCUT2D eigenvalue weighted by Gasteiger charge is -2.24. The van der Waals surface area contributed by atoms with Gasteiger partial charge in [-0.1, -0.05) is 5.16 Å². The van der Waals surface area contributed by atoms with Gasteiger partial charge >= 0.3 is 5.69 Å². The van der Waals surface area contributed by atoms with Gasteiger partial charge in [0.1, 0.15) is 5.76 Å². The molecule has 1 aliphatic heterocycles. The van der Waals surface area contributed by atoms with Crippen molar-refractivity contribution >= 4 is 5.91 Å². The number of fused-ring (bicyclic) bond motifs is 1. The van der Waals surface area contributed by atoms with Gasteiger partial charge in [-0.05, 0) is 38.2 Å². The molecule has 0 spiro atoms. The normalized spacial score (nSPS) is 20.5. The molecule has 0 unspecified atom stereocenters. The third-order valence-electron chi connectivity index (χ3n) is 4.72. The predicted molar refractivity (Wildman–Crippen MR) is 81.0 cm³/mol. The van der Waals surface area contributed by atoms with E-state index in [9.17, 15) is 9.59 Å². The number of carbonyl (C=O) groups is 1. The van der Waals surface area contributed by atoms with E-state index in [-0.39, 0.29) is 17.6 Å². The van der Waals surface area contributed by atoms with Crippen LogP contribution in [0.2, 0.25) is 0 Å². The number of nitrogens with zero attached hydrogens (tertiary/aromatic N) is 3. The Morgan fingerprint density at radius 1 is 1.30 bits per heavy atom. The first-order valence-corrected chi connectivity index (χ1v) is 8.07. The predicted octanol–water partition coefficient (Wildman–Crippen LogP) is 1.61. The molecule has 1 N–H and O–H groups in total. The highest BCUT2D eigenvalue weighted by molar-refractivity contribution is 5.94. The van der Waals surface area contributed by atoms with Crippen molar-refractivity contribution in [3.8, 4) is 0 Å². The lowest BCUT2D eigenvalue weighted by Crippen LogP contribution is -2.33. The molecule has 1 atom stereocenters. The lowest BCUT2D eigenvalue weighted by atomic mass is 9.96. The van der Waals surface area contributed by atoms with Gasteiger partial charge in [0, 0.05) is 30.4 Å². The fraction of sp³-hybridized carbons (Fsp3) is 0.500. The molecule has 2 aromatic rings. The van der Waals surface area contributed by atoms with E-state index < -0.39 is 0 Å². The lowest BCUT2D eigenvalue weighted by molar-refractivity contribution is 0.0721. The summed E-state index contributed by atoms with van der Waals surface area (Å²) in [6.07, 6.45) is 7.07. The van der Waals surface area contributed by atoms with Gasteiger partial charge in [-0.15, -0.1) is 0 Å². The second-order valence-corrected chi connectivity index (χ2v) is 6.13. The summed E-state index contributed by atoms with van der Waals surface area (Å²) in [5.41, 5.74) is 1.76. The van der Waals surface area contributed by atoms with Crippen LogP contribution < -0.4 is 5.69 Å². The molecule has 3 heterocycles. The molecule has 0 saturated carbocycles. The van der Waals surface area contributed by atoms with Crippen LogP contribution in [0.25, 0.3) is 0 Å². The maximum Gasteiger partial charge on any atom is 0.345 e. The Kier molecular flexibility index (Phi) is 3.48. The van der Waals surface area contributed by atoms with E-state index in [1.54, 1.807) is 11.0 Å². The number of nitrogens with one attached hydrogen (secondary N) is 1. The number of aromatic nitrogens is 3. The van der Waals surface area contributed by atoms with Gasteiger partial charge in [0.05, 0.1) is 6.04 Å². The standard InChI is InChI=1S/C16H18N4O3/c21-15(14-10-4-1-2-6-13(10)23-19-14)20-9-3-5-12(20)11-7-8-17-16(22)18-11/h7-8,12H,1-6,9H2,(H,17,18,22)/t12-/m1/s1. The molecule has 4 rings (SSSR count). The van der Waals surface area contributed by atoms with Crippen molar-refractivity contribution in [2.24, 2.45) is 0 Å². The third kappa shape index (κ3) is 2.46. The summed E-state index contributed by atoms with van der Waals surface area (Å²) in [5, 5.41) is 4.04. The van der Waals surface area contributed by atoms with Crippen molar-refractivity contribution in [3.63, 3.8) is 0 Å². The zero-order valence-electron chi connectivity index (χ0n) is 12.7. The van der Waals surface area contributed by atoms with E-state index >= 15 is 0 Å². The summed E-state index contributed by atoms with van der Waals surface area (Å²) in [5.74, 6) is 0.754. The topological polar surface area (TPSA) is 92.1 Å². The first-order valence-electron chi connectivity index (χ1n) is 8.07. The molecular formula is C16H18N4O3. The van der Waals surface area contributed by atoms with Gasteiger partial charge in [0.15, 0.2) is 5.69 Å². The molecule has 7 nitrogen and oxygen atoms in total. The minimum atomic E-state index is -0.388. The molecule has 7 heteroatoms. The SMILES string of the molecule is O=C(c1noc2c1CCCC2)N1CCC[C@@H]1c1ccnc(=O)[nH]1. The second kappa shape index (κ2) is 5.64. The van der Waals surface area contributed by atoms with Crippen LogP contribution in [-0.2, 0) is 12.8 Å². The summed E-state index contributed by atoms with van der Waals surface area (Å²) in [4.78, 5) is 32.6. The molecule has 0 bridgehead atoms. The fourth-order valence-corrected chi connectivity index (χ4v) is 3.60. The highest BCUT2D eigenvalue weighted by Crippen LogP contribution is 2.33. The Bertz CT molecular complexity index is 795. The Labute approximate surface area is 132 Å². The Balaban J connectivity index is 1.65. The van der Waals surface area contributed by atoms with Crippen LogP contribution in [-0.4, -0.2) is 32.5 Å². The maximum absolute atomic E-state index is 12.9. The average molecular weight is 314 g/mol. The molecular weight excluding hydrogens is 296 g/mol. The molecule has 120 valence electrons. The van der Waals surface area contributed by atoms with Crippen LogP contribution >= 0.6 is 0 Å². The van der Waals surface area contributed by atoms with E-state index in [1.807, 2.05) is 0 Å². The monoisotopic (exact) mass is 314 g/mol. The Morgan fingerprint density at radius 2 is 2.17 bits per heavy atom. The Hall–Kier alpha value is -2.44. The highest BCUT2D eigenvalue weighted by Gasteiger charge is 2.35. The minimum absolute atomic E-state index is 0.0999. The van der Waals surface area contributed by atoms with Crippen LogP contribution in [0.3, 0.4) is 0 Å². The van der Waals surface area contributed by atoms with E-state index in [4.69, 9.17) is 4.52 Å². The fourth-order valence-electron chi connectivity index (χ4n) is 3.60. The molecule has 2 aromatic heterocycles. The summed E-state index contributed by atoms with van der Waals surface area (Å²) in [6.45, 7) is 0.662. The van der Waals surface area contributed by atoms with Crippen molar-refractivity contribution in [2.45, 2.75) is 44.6 Å². The quantitative estimate of drug-likeness (QED) is 0.909. The molecule has 0 radical (unpaired) electrons. The highest BCUT2D eigenvalue weighted by atomic mass is 16.5. The van der Waals surface area contributed by atoms with Crippen LogP contribution in [0.5, 0.6) is 0 Å². The van der Waals surface area contributed by atoms with Crippen molar-refractivity contribution in [2.75, 3.05) is 6.54 Å². The number of carbonyl (C=O) groups excluding carboxylic acids is 1. The number of aromatic amines is 1. The second-order valence-electron chi connectivity index (χ2n) is 6.13. The van der Waals surface area contributed by atoms with E-state index in [1.165, 1.54) is 6.20 Å². The Morgan fingerprint density at radius 3 is 3.04 bits per heavy atom. The van der Waals surface area contributed by atoms with Crippen LogP contribution in [0.4, 0.5) is 0 Å². The molecule has 2 aliphatic rings. The zero-order chi connectivity index (χ0) is 15.8. The molecule has 1 fully saturated rings. The van der Waals surface area contributed by atoms with E-state index in [0.717, 1.165) is 55.5 Å². The molecule has 0 aromatic carbocycles. The van der Waals surface area contributed by atoms with Gasteiger partial charge in [-0.2, -0.15) is 0 Å². The number of rotatable bonds is 2. The van der Waals surface area contributed by atoms with Crippen molar-refractivity contribution in [3.05, 3.63) is 45.5 Å². The number of hydrogen-bond acceptors (Lipinski definition) is 5. The van der Waals surface area contributed by atoms with Gasteiger partial charge < -0.3 is 14.4 Å². The van der Waals surface area contributed by atoms with Gasteiger partial charge in [-0.3, -0.25) is 4.79 Å². The van der Waals surface area contributed by atoms with Crippen LogP contribution in [0, 0.1) is 0 Å². The minimum Gasteiger partial charge on any atom is -0.360 e. The smallest absolute Gasteiger partial charge is 0.345 e. The van der Waals surface area contributed by atoms with E-state index in [0.29, 0.717) is 12.2 Å². The van der Waals surface area contributed by atoms with Crippen molar-refractivity contribution in [1.82, 2.24) is 20.0 Å². The average Bonchev–Trinajstić information content (AvgIpc) is 3.21. The molecule has 1 aliphatic carbocycles. The van der Waals surface area contributed by atoms with Gasteiger partial charge in [-0.25, -0.2) is 9.78 Å². The molecule has 1 amide bonds. The number of H-pyrrole nitrogens is 1. The van der Waals surface area contributed by atoms with Crippen LogP contribution in [0.1, 0.15) is 59.2 Å². The number of hydrogen-bond donors (Lipinski definition) is 1. The van der Waals surface area contributed by atoms with E-state index in [2.05, 4.69) is 15.1 Å². The van der Waals surface area contributed by atoms with Crippen molar-refractivity contribution in [1.29, 1.82) is 0 Å². The number of aryl methyl sites for hydroxylation is 1. The van der Waals surface area contributed by atoms with Crippen molar-refractivity contribution < 1.29 is 9.32 Å². The summed E-state index contributed by atoms with van der Waals surface area (Å²) < 4.78 is 5.36. The number of amides is 1. The van der Waals surface area contributed by atoms with Gasteiger partial charge in [0.2, 0.25) is 0 Å². The molecule has 23 heavy (non-hydrogen) atoms. The summed E-state index contributed by atoms with van der Waals surface area (Å²) in [6, 6.07) is 1.63. The third-order valence-corrected chi connectivity index (χ3v) is 4.72. The maximum atomic E-state index is 12.9. The summed E-state index contributed by atoms with van der Waals surface area (Å²) >= 11 is 0. The zero-order valence-corrected chi connectivity index (χ0v) is 12.7. The summed E-state index contributed by atoms with van der Waals surface area (Å²) in [7, 11) is 0. The number of likely N-dealkylation sites (tertiary alicyclic amines) is 1. The first-order chi connectivity index (χ1) is 11.2. The molecule has 1 saturated heterocycles. The van der Waals surface area contributed by atoms with Gasteiger partial charge in [0.25, 0.3) is 5.91 Å². The first kappa shape index (κ1) is 14.2.